The molecule has 1 heterocycles. The molecule has 0 aromatic rings. The van der Waals surface area contributed by atoms with Crippen LogP contribution in [-0.2, 0) is 4.79 Å². The van der Waals surface area contributed by atoms with Crippen molar-refractivity contribution in [2.75, 3.05) is 6.54 Å². The Morgan fingerprint density at radius 3 is 2.25 bits per heavy atom. The molecule has 1 amide bonds. The minimum Gasteiger partial charge on any atom is -0.369 e. The Labute approximate surface area is 69.3 Å². The van der Waals surface area contributed by atoms with Crippen molar-refractivity contribution in [3.8, 4) is 0 Å². The molecule has 1 atom stereocenters. The molecule has 3 N–H and O–H groups in total. The first-order chi connectivity index (χ1) is 5.29. The summed E-state index contributed by atoms with van der Waals surface area (Å²) in [4.78, 5) is 10.6. The quantitative estimate of drug-likeness (QED) is 0.598. The lowest BCUT2D eigenvalue weighted by atomic mass is 9.91. The van der Waals surface area contributed by atoms with E-state index in [-0.39, 0.29) is 6.54 Å². The molecule has 0 aromatic carbocycles. The highest BCUT2D eigenvalue weighted by Gasteiger charge is 2.59. The second-order valence-electron chi connectivity index (χ2n) is 3.58. The topological polar surface area (TPSA) is 55.1 Å². The van der Waals surface area contributed by atoms with Crippen LogP contribution in [0.3, 0.4) is 0 Å². The molecule has 3 nitrogen and oxygen atoms in total. The molecule has 0 spiro atoms. The molecule has 1 rings (SSSR count). The van der Waals surface area contributed by atoms with Gasteiger partial charge in [-0.05, 0) is 13.8 Å². The van der Waals surface area contributed by atoms with Crippen molar-refractivity contribution >= 4 is 5.91 Å². The normalized spacial score (nSPS) is 31.8. The highest BCUT2D eigenvalue weighted by Crippen LogP contribution is 2.40. The largest absolute Gasteiger partial charge is 0.369 e. The van der Waals surface area contributed by atoms with Crippen LogP contribution in [0.5, 0.6) is 0 Å². The summed E-state index contributed by atoms with van der Waals surface area (Å²) in [6.07, 6.45) is 0. The van der Waals surface area contributed by atoms with Gasteiger partial charge < -0.3 is 11.1 Å². The number of alkyl halides is 2. The van der Waals surface area contributed by atoms with Gasteiger partial charge in [0.1, 0.15) is 5.92 Å². The van der Waals surface area contributed by atoms with Gasteiger partial charge in [-0.2, -0.15) is 0 Å². The lowest BCUT2D eigenvalue weighted by molar-refractivity contribution is -0.137. The van der Waals surface area contributed by atoms with Crippen molar-refractivity contribution in [1.29, 1.82) is 0 Å². The van der Waals surface area contributed by atoms with Crippen LogP contribution in [0.15, 0.2) is 0 Å². The van der Waals surface area contributed by atoms with Crippen LogP contribution in [0.2, 0.25) is 0 Å². The van der Waals surface area contributed by atoms with E-state index in [0.717, 1.165) is 0 Å². The number of hydrogen-bond donors (Lipinski definition) is 2. The third-order valence-electron chi connectivity index (χ3n) is 2.36. The molecule has 1 saturated heterocycles. The molecule has 1 aliphatic heterocycles. The van der Waals surface area contributed by atoms with Gasteiger partial charge in [0.15, 0.2) is 0 Å². The molecular weight excluding hydrogens is 166 g/mol. The van der Waals surface area contributed by atoms with E-state index in [1.165, 1.54) is 13.8 Å². The average molecular weight is 178 g/mol. The second-order valence-corrected chi connectivity index (χ2v) is 3.58. The molecule has 70 valence electrons. The van der Waals surface area contributed by atoms with Gasteiger partial charge in [0, 0.05) is 6.54 Å². The summed E-state index contributed by atoms with van der Waals surface area (Å²) in [5.74, 6) is -5.38. The Morgan fingerprint density at radius 1 is 1.58 bits per heavy atom. The number of primary amides is 1. The smallest absolute Gasteiger partial charge is 0.278 e. The molecule has 0 saturated carbocycles. The van der Waals surface area contributed by atoms with Gasteiger partial charge in [-0.25, -0.2) is 8.78 Å². The van der Waals surface area contributed by atoms with E-state index in [2.05, 4.69) is 5.32 Å². The van der Waals surface area contributed by atoms with Crippen LogP contribution in [-0.4, -0.2) is 23.9 Å². The summed E-state index contributed by atoms with van der Waals surface area (Å²) in [5, 5.41) is 2.57. The van der Waals surface area contributed by atoms with Crippen LogP contribution >= 0.6 is 0 Å². The molecule has 1 fully saturated rings. The van der Waals surface area contributed by atoms with E-state index < -0.39 is 23.3 Å². The Hall–Kier alpha value is -0.710. The van der Waals surface area contributed by atoms with E-state index >= 15 is 0 Å². The number of nitrogens with two attached hydrogens (primary N) is 1. The van der Waals surface area contributed by atoms with Crippen molar-refractivity contribution < 1.29 is 13.6 Å². The zero-order valence-corrected chi connectivity index (χ0v) is 7.03. The first-order valence-electron chi connectivity index (χ1n) is 3.71. The Morgan fingerprint density at radius 2 is 2.08 bits per heavy atom. The van der Waals surface area contributed by atoms with E-state index in [1.807, 2.05) is 0 Å². The van der Waals surface area contributed by atoms with Crippen LogP contribution in [0, 0.1) is 5.92 Å². The van der Waals surface area contributed by atoms with Crippen molar-refractivity contribution in [3.63, 3.8) is 0 Å². The summed E-state index contributed by atoms with van der Waals surface area (Å²) in [6.45, 7) is 2.67. The monoisotopic (exact) mass is 178 g/mol. The standard InChI is InChI=1S/C7H12F2N2O/c1-6(2)7(8,9)4(3-11-6)5(10)12/h4,11H,3H2,1-2H3,(H2,10,12). The van der Waals surface area contributed by atoms with E-state index in [4.69, 9.17) is 5.73 Å². The fourth-order valence-electron chi connectivity index (χ4n) is 1.32. The lowest BCUT2D eigenvalue weighted by Gasteiger charge is -2.28. The Balaban J connectivity index is 2.93. The minimum absolute atomic E-state index is 0.0463. The molecule has 0 aromatic heterocycles. The molecule has 0 radical (unpaired) electrons. The number of carbonyl (C=O) groups excluding carboxylic acids is 1. The number of halogens is 2. The molecule has 5 heteroatoms. The maximum atomic E-state index is 13.3. The summed E-state index contributed by atoms with van der Waals surface area (Å²) < 4.78 is 26.5. The zero-order valence-electron chi connectivity index (χ0n) is 7.03. The van der Waals surface area contributed by atoms with Crippen LogP contribution in [0.25, 0.3) is 0 Å². The first-order valence-corrected chi connectivity index (χ1v) is 3.71. The maximum Gasteiger partial charge on any atom is 0.278 e. The summed E-state index contributed by atoms with van der Waals surface area (Å²) >= 11 is 0. The van der Waals surface area contributed by atoms with Crippen LogP contribution in [0.4, 0.5) is 8.78 Å². The number of amides is 1. The third kappa shape index (κ3) is 1.08. The summed E-state index contributed by atoms with van der Waals surface area (Å²) in [5.41, 5.74) is 3.49. The molecular formula is C7H12F2N2O. The highest BCUT2D eigenvalue weighted by molar-refractivity contribution is 5.78. The summed E-state index contributed by atoms with van der Waals surface area (Å²) in [6, 6.07) is 0. The Kier molecular flexibility index (Phi) is 1.87. The molecule has 12 heavy (non-hydrogen) atoms. The van der Waals surface area contributed by atoms with Crippen LogP contribution < -0.4 is 11.1 Å². The fourth-order valence-corrected chi connectivity index (χ4v) is 1.32. The van der Waals surface area contributed by atoms with E-state index in [9.17, 15) is 13.6 Å². The summed E-state index contributed by atoms with van der Waals surface area (Å²) in [7, 11) is 0. The van der Waals surface area contributed by atoms with Gasteiger partial charge in [-0.3, -0.25) is 4.79 Å². The van der Waals surface area contributed by atoms with Gasteiger partial charge in [-0.1, -0.05) is 0 Å². The highest BCUT2D eigenvalue weighted by atomic mass is 19.3. The van der Waals surface area contributed by atoms with E-state index in [0.29, 0.717) is 0 Å². The van der Waals surface area contributed by atoms with Gasteiger partial charge in [-0.15, -0.1) is 0 Å². The minimum atomic E-state index is -3.06. The SMILES string of the molecule is CC1(C)NCC(C(N)=O)C1(F)F. The van der Waals surface area contributed by atoms with Crippen molar-refractivity contribution in [2.45, 2.75) is 25.3 Å². The van der Waals surface area contributed by atoms with Crippen molar-refractivity contribution in [3.05, 3.63) is 0 Å². The predicted molar refractivity (Wildman–Crippen MR) is 39.7 cm³/mol. The van der Waals surface area contributed by atoms with Gasteiger partial charge >= 0.3 is 0 Å². The van der Waals surface area contributed by atoms with Gasteiger partial charge in [0.05, 0.1) is 5.54 Å². The van der Waals surface area contributed by atoms with Gasteiger partial charge in [0.25, 0.3) is 5.92 Å². The van der Waals surface area contributed by atoms with Crippen molar-refractivity contribution in [2.24, 2.45) is 11.7 Å². The molecule has 1 aliphatic rings. The van der Waals surface area contributed by atoms with Gasteiger partial charge in [0.2, 0.25) is 5.91 Å². The zero-order chi connectivity index (χ0) is 9.57. The number of nitrogens with one attached hydrogen (secondary N) is 1. The molecule has 1 unspecified atom stereocenters. The second kappa shape index (κ2) is 2.39. The lowest BCUT2D eigenvalue weighted by Crippen LogP contribution is -2.49. The number of rotatable bonds is 1. The fraction of sp³-hybridized carbons (Fsp3) is 0.857. The number of hydrogen-bond acceptors (Lipinski definition) is 2. The average Bonchev–Trinajstić information content (AvgIpc) is 2.03. The third-order valence-corrected chi connectivity index (χ3v) is 2.36. The molecule has 0 aliphatic carbocycles. The number of carbonyl (C=O) groups is 1. The molecule has 0 bridgehead atoms. The maximum absolute atomic E-state index is 13.3. The Bertz CT molecular complexity index is 215. The van der Waals surface area contributed by atoms with E-state index in [1.54, 1.807) is 0 Å². The first kappa shape index (κ1) is 9.38. The van der Waals surface area contributed by atoms with Crippen molar-refractivity contribution in [1.82, 2.24) is 5.32 Å². The van der Waals surface area contributed by atoms with Crippen LogP contribution in [0.1, 0.15) is 13.8 Å². The predicted octanol–water partition coefficient (Wildman–Crippen LogP) is 0.105.